The van der Waals surface area contributed by atoms with E-state index in [1.807, 2.05) is 0 Å². The van der Waals surface area contributed by atoms with Gasteiger partial charge in [-0.25, -0.2) is 10.4 Å². The normalized spacial score (nSPS) is 11.0. The summed E-state index contributed by atoms with van der Waals surface area (Å²) in [5, 5.41) is 4.83. The number of halogens is 3. The van der Waals surface area contributed by atoms with Crippen LogP contribution in [-0.2, 0) is 0 Å². The van der Waals surface area contributed by atoms with E-state index in [0.717, 1.165) is 0 Å². The molecule has 0 bridgehead atoms. The largest absolute Gasteiger partial charge is 0.281 e. The third-order valence-electron chi connectivity index (χ3n) is 3.21. The second kappa shape index (κ2) is 7.65. The van der Waals surface area contributed by atoms with E-state index >= 15 is 0 Å². The highest BCUT2D eigenvalue weighted by atomic mass is 35.5. The topological polar surface area (TPSA) is 72.2 Å². The highest BCUT2D eigenvalue weighted by Gasteiger charge is 2.15. The van der Waals surface area contributed by atoms with Crippen molar-refractivity contribution < 1.29 is 4.79 Å². The number of rotatable bonds is 4. The van der Waals surface area contributed by atoms with Gasteiger partial charge in [0.1, 0.15) is 5.69 Å². The molecule has 0 saturated heterocycles. The predicted octanol–water partition coefficient (Wildman–Crippen LogP) is 3.99. The van der Waals surface area contributed by atoms with Gasteiger partial charge >= 0.3 is 0 Å². The fourth-order valence-electron chi connectivity index (χ4n) is 2.05. The van der Waals surface area contributed by atoms with Gasteiger partial charge in [-0.2, -0.15) is 5.10 Å². The highest BCUT2D eigenvalue weighted by Crippen LogP contribution is 2.25. The molecule has 0 aliphatic rings. The van der Waals surface area contributed by atoms with Crippen molar-refractivity contribution >= 4 is 46.9 Å². The molecule has 25 heavy (non-hydrogen) atoms. The van der Waals surface area contributed by atoms with E-state index in [-0.39, 0.29) is 16.3 Å². The van der Waals surface area contributed by atoms with Gasteiger partial charge in [0.2, 0.25) is 5.28 Å². The number of hydrogen-bond donors (Lipinski definition) is 1. The molecular weight excluding hydrogens is 385 g/mol. The van der Waals surface area contributed by atoms with Crippen LogP contribution in [0.5, 0.6) is 0 Å². The van der Waals surface area contributed by atoms with Crippen LogP contribution < -0.4 is 5.43 Å². The van der Waals surface area contributed by atoms with Crippen molar-refractivity contribution in [2.24, 2.45) is 5.10 Å². The van der Waals surface area contributed by atoms with E-state index in [9.17, 15) is 4.79 Å². The van der Waals surface area contributed by atoms with Crippen molar-refractivity contribution in [1.29, 1.82) is 0 Å². The van der Waals surface area contributed by atoms with Crippen LogP contribution >= 0.6 is 34.8 Å². The summed E-state index contributed by atoms with van der Waals surface area (Å²) in [6.45, 7) is 0. The van der Waals surface area contributed by atoms with Crippen molar-refractivity contribution in [2.45, 2.75) is 0 Å². The molecule has 3 rings (SSSR count). The lowest BCUT2D eigenvalue weighted by molar-refractivity contribution is 0.0955. The van der Waals surface area contributed by atoms with Crippen molar-refractivity contribution in [3.8, 4) is 5.69 Å². The zero-order valence-electron chi connectivity index (χ0n) is 12.5. The quantitative estimate of drug-likeness (QED) is 0.537. The van der Waals surface area contributed by atoms with Crippen LogP contribution in [0.1, 0.15) is 16.1 Å². The van der Waals surface area contributed by atoms with Gasteiger partial charge in [-0.15, -0.1) is 0 Å². The number of carbonyl (C=O) groups excluding carboxylic acids is 1. The number of aromatic nitrogens is 3. The lowest BCUT2D eigenvalue weighted by Gasteiger charge is -2.07. The molecule has 0 unspecified atom stereocenters. The molecule has 3 aromatic rings. The Bertz CT molecular complexity index is 923. The Labute approximate surface area is 158 Å². The third-order valence-corrected chi connectivity index (χ3v) is 3.99. The van der Waals surface area contributed by atoms with Gasteiger partial charge in [0, 0.05) is 28.7 Å². The summed E-state index contributed by atoms with van der Waals surface area (Å²) in [4.78, 5) is 19.8. The number of nitrogens with zero attached hydrogens (tertiary/aromatic N) is 4. The Morgan fingerprint density at radius 3 is 2.44 bits per heavy atom. The molecule has 0 spiro atoms. The summed E-state index contributed by atoms with van der Waals surface area (Å²) in [6.07, 6.45) is 4.41. The van der Waals surface area contributed by atoms with Crippen LogP contribution in [0.2, 0.25) is 15.5 Å². The fourth-order valence-corrected chi connectivity index (χ4v) is 2.70. The molecule has 0 radical (unpaired) electrons. The molecule has 6 nitrogen and oxygen atoms in total. The van der Waals surface area contributed by atoms with E-state index < -0.39 is 0 Å². The number of pyridine rings is 1. The van der Waals surface area contributed by atoms with Crippen LogP contribution in [0.15, 0.2) is 53.9 Å². The lowest BCUT2D eigenvalue weighted by Crippen LogP contribution is -2.17. The van der Waals surface area contributed by atoms with Crippen LogP contribution in [0.3, 0.4) is 0 Å². The molecular formula is C16H10Cl3N5O. The predicted molar refractivity (Wildman–Crippen MR) is 97.9 cm³/mol. The van der Waals surface area contributed by atoms with Gasteiger partial charge < -0.3 is 0 Å². The zero-order chi connectivity index (χ0) is 17.8. The summed E-state index contributed by atoms with van der Waals surface area (Å²) in [6, 6.07) is 10.1. The van der Waals surface area contributed by atoms with E-state index in [0.29, 0.717) is 22.0 Å². The number of hydrogen-bond acceptors (Lipinski definition) is 4. The lowest BCUT2D eigenvalue weighted by atomic mass is 10.3. The van der Waals surface area contributed by atoms with Crippen molar-refractivity contribution in [2.75, 3.05) is 0 Å². The molecule has 2 heterocycles. The zero-order valence-corrected chi connectivity index (χ0v) is 14.8. The third kappa shape index (κ3) is 3.99. The van der Waals surface area contributed by atoms with Crippen LogP contribution in [0.4, 0.5) is 0 Å². The minimum atomic E-state index is -0.376. The standard InChI is InChI=1S/C16H10Cl3N5O/c17-11-1-3-12(4-2-11)24-13(14(18)22-16(24)19)9-21-23-15(25)10-5-7-20-8-6-10/h1-9H,(H,23,25). The molecule has 1 amide bonds. The summed E-state index contributed by atoms with van der Waals surface area (Å²) < 4.78 is 1.59. The maximum atomic E-state index is 12.0. The second-order valence-electron chi connectivity index (χ2n) is 4.80. The molecule has 2 aromatic heterocycles. The molecule has 0 fully saturated rings. The Kier molecular flexibility index (Phi) is 5.33. The summed E-state index contributed by atoms with van der Waals surface area (Å²) in [5.41, 5.74) is 3.97. The molecule has 1 aromatic carbocycles. The summed E-state index contributed by atoms with van der Waals surface area (Å²) >= 11 is 18.1. The second-order valence-corrected chi connectivity index (χ2v) is 5.94. The average molecular weight is 395 g/mol. The van der Waals surface area contributed by atoms with E-state index in [1.165, 1.54) is 18.6 Å². The van der Waals surface area contributed by atoms with Gasteiger partial charge in [-0.05, 0) is 48.0 Å². The number of amides is 1. The number of nitrogens with one attached hydrogen (secondary N) is 1. The van der Waals surface area contributed by atoms with Crippen LogP contribution in [0, 0.1) is 0 Å². The van der Waals surface area contributed by atoms with E-state index in [2.05, 4.69) is 20.5 Å². The number of benzene rings is 1. The molecule has 0 aliphatic heterocycles. The van der Waals surface area contributed by atoms with Crippen LogP contribution in [0.25, 0.3) is 5.69 Å². The molecule has 1 N–H and O–H groups in total. The first kappa shape index (κ1) is 17.4. The van der Waals surface area contributed by atoms with Gasteiger partial charge in [0.25, 0.3) is 5.91 Å². The van der Waals surface area contributed by atoms with Crippen molar-refractivity contribution in [3.63, 3.8) is 0 Å². The Balaban J connectivity index is 1.85. The van der Waals surface area contributed by atoms with Gasteiger partial charge in [-0.3, -0.25) is 14.3 Å². The summed E-state index contributed by atoms with van der Waals surface area (Å²) in [5.74, 6) is -0.376. The molecule has 126 valence electrons. The van der Waals surface area contributed by atoms with E-state index in [4.69, 9.17) is 34.8 Å². The summed E-state index contributed by atoms with van der Waals surface area (Å²) in [7, 11) is 0. The molecule has 0 saturated carbocycles. The maximum Gasteiger partial charge on any atom is 0.271 e. The van der Waals surface area contributed by atoms with Gasteiger partial charge in [0.05, 0.1) is 6.21 Å². The van der Waals surface area contributed by atoms with Gasteiger partial charge in [0.15, 0.2) is 5.15 Å². The maximum absolute atomic E-state index is 12.0. The Hall–Kier alpha value is -2.41. The van der Waals surface area contributed by atoms with Crippen molar-refractivity contribution in [1.82, 2.24) is 20.0 Å². The first-order chi connectivity index (χ1) is 12.1. The Morgan fingerprint density at radius 2 is 1.76 bits per heavy atom. The molecule has 0 aliphatic carbocycles. The smallest absolute Gasteiger partial charge is 0.271 e. The monoisotopic (exact) mass is 393 g/mol. The fraction of sp³-hybridized carbons (Fsp3) is 0. The highest BCUT2D eigenvalue weighted by molar-refractivity contribution is 6.34. The number of imidazole rings is 1. The number of hydrazone groups is 1. The van der Waals surface area contributed by atoms with E-state index in [1.54, 1.807) is 41.0 Å². The number of carbonyl (C=O) groups is 1. The first-order valence-electron chi connectivity index (χ1n) is 6.99. The van der Waals surface area contributed by atoms with Gasteiger partial charge in [-0.1, -0.05) is 23.2 Å². The minimum absolute atomic E-state index is 0.155. The first-order valence-corrected chi connectivity index (χ1v) is 8.13. The average Bonchev–Trinajstić information content (AvgIpc) is 2.90. The van der Waals surface area contributed by atoms with Crippen molar-refractivity contribution in [3.05, 3.63) is 75.5 Å². The SMILES string of the molecule is O=C(NN=Cc1c(Cl)nc(Cl)n1-c1ccc(Cl)cc1)c1ccncc1. The van der Waals surface area contributed by atoms with Crippen LogP contribution in [-0.4, -0.2) is 26.7 Å². The Morgan fingerprint density at radius 1 is 1.08 bits per heavy atom. The molecule has 9 heteroatoms. The minimum Gasteiger partial charge on any atom is -0.281 e. The molecule has 0 atom stereocenters.